The molecule has 1 N–H and O–H groups in total. The van der Waals surface area contributed by atoms with Crippen molar-refractivity contribution in [2.24, 2.45) is 5.10 Å². The van der Waals surface area contributed by atoms with Gasteiger partial charge in [0.2, 0.25) is 0 Å². The number of hydrogen-bond acceptors (Lipinski definition) is 4. The van der Waals surface area contributed by atoms with Gasteiger partial charge in [0.05, 0.1) is 5.70 Å². The van der Waals surface area contributed by atoms with E-state index < -0.39 is 0 Å². The van der Waals surface area contributed by atoms with Crippen LogP contribution in [0.15, 0.2) is 65.4 Å². The fourth-order valence-electron chi connectivity index (χ4n) is 3.36. The van der Waals surface area contributed by atoms with Gasteiger partial charge in [-0.2, -0.15) is 15.1 Å². The fourth-order valence-corrected chi connectivity index (χ4v) is 3.82. The Bertz CT molecular complexity index is 832. The lowest BCUT2D eigenvalue weighted by Gasteiger charge is -2.24. The number of nitrogens with zero attached hydrogens (tertiary/aromatic N) is 2. The van der Waals surface area contributed by atoms with Crippen molar-refractivity contribution in [2.75, 3.05) is 0 Å². The van der Waals surface area contributed by atoms with Crippen LogP contribution in [0.1, 0.15) is 44.6 Å². The Kier molecular flexibility index (Phi) is 7.51. The predicted molar refractivity (Wildman–Crippen MR) is 123 cm³/mol. The Morgan fingerprint density at radius 1 is 1.04 bits per heavy atom. The lowest BCUT2D eigenvalue weighted by molar-refractivity contribution is 0.318. The quantitative estimate of drug-likeness (QED) is 0.361. The standard InChI is InChI=1S/C22H28N3PS/c1-17-13-14-21(25(23-17)24-27)11-4-2-3-7-18-8-5-9-19(15-18)20-10-6-12-22(26)16-20/h5-6,8-10,12,14-16,24,27H,2-4,7,11,13,26H2,1H3. The van der Waals surface area contributed by atoms with Crippen LogP contribution in [0.5, 0.6) is 0 Å². The van der Waals surface area contributed by atoms with Crippen molar-refractivity contribution < 1.29 is 0 Å². The number of hydrazone groups is 1. The summed E-state index contributed by atoms with van der Waals surface area (Å²) in [5, 5.41) is 7.47. The van der Waals surface area contributed by atoms with Gasteiger partial charge in [-0.05, 0) is 60.7 Å². The van der Waals surface area contributed by atoms with E-state index in [9.17, 15) is 0 Å². The van der Waals surface area contributed by atoms with Gasteiger partial charge in [0.25, 0.3) is 0 Å². The summed E-state index contributed by atoms with van der Waals surface area (Å²) in [5.41, 5.74) is 6.32. The van der Waals surface area contributed by atoms with Crippen molar-refractivity contribution in [1.82, 2.24) is 9.95 Å². The second-order valence-electron chi connectivity index (χ2n) is 7.03. The van der Waals surface area contributed by atoms with Crippen LogP contribution in [0.2, 0.25) is 0 Å². The topological polar surface area (TPSA) is 27.6 Å². The third-order valence-electron chi connectivity index (χ3n) is 4.82. The first-order chi connectivity index (χ1) is 13.2. The van der Waals surface area contributed by atoms with E-state index >= 15 is 0 Å². The summed E-state index contributed by atoms with van der Waals surface area (Å²) in [7, 11) is 2.77. The highest BCUT2D eigenvalue weighted by Crippen LogP contribution is 2.22. The molecule has 2 aromatic rings. The molecule has 1 unspecified atom stereocenters. The lowest BCUT2D eigenvalue weighted by Crippen LogP contribution is -2.29. The Labute approximate surface area is 170 Å². The number of aryl methyl sites for hydroxylation is 1. The SMILES string of the molecule is CC1=NN(NS)C(CCCCCc2cccc(-c3cccc(P)c3)c2)=CC1. The van der Waals surface area contributed by atoms with Gasteiger partial charge in [0, 0.05) is 12.1 Å². The van der Waals surface area contributed by atoms with Gasteiger partial charge >= 0.3 is 0 Å². The smallest absolute Gasteiger partial charge is 0.0526 e. The van der Waals surface area contributed by atoms with Crippen LogP contribution in [0, 0.1) is 0 Å². The molecule has 0 saturated carbocycles. The zero-order valence-corrected chi connectivity index (χ0v) is 17.9. The molecule has 5 heteroatoms. The molecule has 0 saturated heterocycles. The summed E-state index contributed by atoms with van der Waals surface area (Å²) in [4.78, 5) is 2.85. The summed E-state index contributed by atoms with van der Waals surface area (Å²) in [6.45, 7) is 2.04. The molecule has 1 atom stereocenters. The van der Waals surface area contributed by atoms with Gasteiger partial charge in [-0.25, -0.2) is 0 Å². The maximum absolute atomic E-state index is 4.47. The molecule has 0 spiro atoms. The minimum Gasteiger partial charge on any atom is -0.192 e. The molecule has 1 heterocycles. The van der Waals surface area contributed by atoms with Crippen LogP contribution in [0.25, 0.3) is 11.1 Å². The second kappa shape index (κ2) is 10.1. The number of unbranched alkanes of at least 4 members (excludes halogenated alkanes) is 2. The van der Waals surface area contributed by atoms with E-state index in [1.54, 1.807) is 5.12 Å². The summed E-state index contributed by atoms with van der Waals surface area (Å²) in [6.07, 6.45) is 8.93. The fraction of sp³-hybridized carbons (Fsp3) is 0.318. The minimum atomic E-state index is 0.936. The molecular weight excluding hydrogens is 369 g/mol. The predicted octanol–water partition coefficient (Wildman–Crippen LogP) is 5.27. The molecule has 0 aliphatic carbocycles. The molecule has 3 rings (SSSR count). The van der Waals surface area contributed by atoms with E-state index in [1.165, 1.54) is 47.0 Å². The number of hydrazine groups is 1. The highest BCUT2D eigenvalue weighted by atomic mass is 32.1. The number of nitrogens with one attached hydrogen (secondary N) is 1. The van der Waals surface area contributed by atoms with E-state index in [0.717, 1.165) is 25.0 Å². The monoisotopic (exact) mass is 397 g/mol. The molecule has 142 valence electrons. The van der Waals surface area contributed by atoms with E-state index in [1.807, 2.05) is 6.92 Å². The van der Waals surface area contributed by atoms with Crippen LogP contribution in [0.4, 0.5) is 0 Å². The minimum absolute atomic E-state index is 0.936. The lowest BCUT2D eigenvalue weighted by atomic mass is 9.99. The molecule has 1 aliphatic rings. The Hall–Kier alpha value is -1.61. The van der Waals surface area contributed by atoms with Crippen molar-refractivity contribution in [3.8, 4) is 11.1 Å². The largest absolute Gasteiger partial charge is 0.192 e. The van der Waals surface area contributed by atoms with Crippen molar-refractivity contribution in [2.45, 2.75) is 45.4 Å². The zero-order chi connectivity index (χ0) is 19.1. The average molecular weight is 398 g/mol. The van der Waals surface area contributed by atoms with E-state index in [0.29, 0.717) is 0 Å². The van der Waals surface area contributed by atoms with Gasteiger partial charge in [0.1, 0.15) is 0 Å². The van der Waals surface area contributed by atoms with Crippen molar-refractivity contribution in [3.05, 3.63) is 65.9 Å². The molecule has 0 amide bonds. The Morgan fingerprint density at radius 2 is 1.78 bits per heavy atom. The van der Waals surface area contributed by atoms with Gasteiger partial charge in [-0.15, -0.1) is 9.24 Å². The Balaban J connectivity index is 1.47. The number of allylic oxidation sites excluding steroid dienone is 2. The number of thiol groups is 1. The molecular formula is C22H28N3PS. The highest BCUT2D eigenvalue weighted by molar-refractivity contribution is 7.78. The summed E-state index contributed by atoms with van der Waals surface area (Å²) in [6, 6.07) is 17.5. The van der Waals surface area contributed by atoms with Gasteiger partial charge < -0.3 is 0 Å². The Morgan fingerprint density at radius 3 is 2.56 bits per heavy atom. The first-order valence-corrected chi connectivity index (χ1v) is 10.6. The molecule has 0 aromatic heterocycles. The number of hydrogen-bond donors (Lipinski definition) is 2. The normalized spacial score (nSPS) is 14.1. The van der Waals surface area contributed by atoms with Crippen LogP contribution < -0.4 is 10.1 Å². The van der Waals surface area contributed by atoms with Gasteiger partial charge in [-0.1, -0.05) is 67.8 Å². The van der Waals surface area contributed by atoms with Crippen molar-refractivity contribution in [3.63, 3.8) is 0 Å². The third-order valence-corrected chi connectivity index (χ3v) is 5.36. The third kappa shape index (κ3) is 5.93. The van der Waals surface area contributed by atoms with Crippen LogP contribution in [-0.2, 0) is 6.42 Å². The average Bonchev–Trinajstić information content (AvgIpc) is 2.69. The van der Waals surface area contributed by atoms with Gasteiger partial charge in [0.15, 0.2) is 0 Å². The maximum Gasteiger partial charge on any atom is 0.0526 e. The second-order valence-corrected chi connectivity index (χ2v) is 7.90. The molecule has 0 bridgehead atoms. The van der Waals surface area contributed by atoms with Crippen LogP contribution in [0.3, 0.4) is 0 Å². The molecule has 1 aliphatic heterocycles. The summed E-state index contributed by atoms with van der Waals surface area (Å²) in [5.74, 6) is 0. The number of benzene rings is 2. The van der Waals surface area contributed by atoms with Gasteiger partial charge in [-0.3, -0.25) is 0 Å². The van der Waals surface area contributed by atoms with Crippen LogP contribution in [-0.4, -0.2) is 10.8 Å². The van der Waals surface area contributed by atoms with E-state index in [2.05, 4.69) is 86.6 Å². The first-order valence-electron chi connectivity index (χ1n) is 9.53. The highest BCUT2D eigenvalue weighted by Gasteiger charge is 2.11. The summed E-state index contributed by atoms with van der Waals surface area (Å²) >= 11 is 4.15. The molecule has 0 radical (unpaired) electrons. The molecule has 27 heavy (non-hydrogen) atoms. The maximum atomic E-state index is 4.47. The molecule has 3 nitrogen and oxygen atoms in total. The first kappa shape index (κ1) is 20.1. The zero-order valence-electron chi connectivity index (χ0n) is 15.9. The summed E-state index contributed by atoms with van der Waals surface area (Å²) < 4.78 is 0. The molecule has 0 fully saturated rings. The number of rotatable bonds is 8. The van der Waals surface area contributed by atoms with Crippen molar-refractivity contribution in [1.29, 1.82) is 0 Å². The van der Waals surface area contributed by atoms with Crippen molar-refractivity contribution >= 4 is 33.1 Å². The van der Waals surface area contributed by atoms with Crippen LogP contribution >= 0.6 is 22.1 Å². The molecule has 2 aromatic carbocycles. The van der Waals surface area contributed by atoms with E-state index in [4.69, 9.17) is 0 Å². The van der Waals surface area contributed by atoms with E-state index in [-0.39, 0.29) is 0 Å².